The minimum atomic E-state index is -0.949. The number of allylic oxidation sites excluding steroid dienone is 3. The number of phenols is 1. The average molecular weight is 427 g/mol. The molecule has 0 unspecified atom stereocenters. The van der Waals surface area contributed by atoms with Crippen LogP contribution in [0.25, 0.3) is 0 Å². The first-order valence-electron chi connectivity index (χ1n) is 10.5. The van der Waals surface area contributed by atoms with Crippen LogP contribution < -0.4 is 5.32 Å². The van der Waals surface area contributed by atoms with Crippen LogP contribution in [0.4, 0.5) is 0 Å². The summed E-state index contributed by atoms with van der Waals surface area (Å²) in [6.45, 7) is 7.33. The molecule has 0 bridgehead atoms. The lowest BCUT2D eigenvalue weighted by molar-refractivity contribution is -0.151. The van der Waals surface area contributed by atoms with Gasteiger partial charge in [0.15, 0.2) is 5.78 Å². The number of hydrogen-bond acceptors (Lipinski definition) is 7. The molecule has 0 fully saturated rings. The number of phenolic OH excluding ortho intramolecular Hbond substituents is 1. The van der Waals surface area contributed by atoms with Crippen LogP contribution in [0.1, 0.15) is 52.0 Å². The van der Waals surface area contributed by atoms with E-state index in [1.54, 1.807) is 26.0 Å². The molecular weight excluding hydrogens is 398 g/mol. The second kappa shape index (κ2) is 8.96. The number of nitrogens with one attached hydrogen (secondary N) is 1. The van der Waals surface area contributed by atoms with Crippen LogP contribution in [-0.4, -0.2) is 36.0 Å². The van der Waals surface area contributed by atoms with Crippen molar-refractivity contribution < 1.29 is 29.0 Å². The highest BCUT2D eigenvalue weighted by molar-refractivity contribution is 6.12. The third-order valence-electron chi connectivity index (χ3n) is 6.05. The molecule has 1 aromatic carbocycles. The lowest BCUT2D eigenvalue weighted by Crippen LogP contribution is -2.43. The summed E-state index contributed by atoms with van der Waals surface area (Å²) in [7, 11) is 1.26. The second-order valence-electron chi connectivity index (χ2n) is 8.25. The standard InChI is InChI=1S/C24H29NO6/c1-6-13(3)31-24(29)19-14(4)25-17-10-12(2)18(23(28)30-5)22(27)21(17)20(19)15-8-7-9-16(26)11-15/h7-9,11-13,18,20,25-26H,6,10H2,1-5H3/t12-,13+,18-,20+/m0/s1. The summed E-state index contributed by atoms with van der Waals surface area (Å²) in [4.78, 5) is 39.1. The Hall–Kier alpha value is -3.09. The summed E-state index contributed by atoms with van der Waals surface area (Å²) in [6, 6.07) is 6.47. The Morgan fingerprint density at radius 2 is 2.03 bits per heavy atom. The fourth-order valence-electron chi connectivity index (χ4n) is 4.32. The van der Waals surface area contributed by atoms with Gasteiger partial charge < -0.3 is 19.9 Å². The van der Waals surface area contributed by atoms with E-state index in [9.17, 15) is 19.5 Å². The van der Waals surface area contributed by atoms with Crippen LogP contribution >= 0.6 is 0 Å². The maximum Gasteiger partial charge on any atom is 0.337 e. The van der Waals surface area contributed by atoms with E-state index < -0.39 is 23.8 Å². The summed E-state index contributed by atoms with van der Waals surface area (Å²) in [5.74, 6) is -3.43. The van der Waals surface area contributed by atoms with Gasteiger partial charge in [-0.15, -0.1) is 0 Å². The molecule has 4 atom stereocenters. The number of esters is 2. The third-order valence-corrected chi connectivity index (χ3v) is 6.05. The second-order valence-corrected chi connectivity index (χ2v) is 8.25. The maximum absolute atomic E-state index is 13.6. The largest absolute Gasteiger partial charge is 0.508 e. The Morgan fingerprint density at radius 3 is 2.65 bits per heavy atom. The molecule has 1 aliphatic heterocycles. The van der Waals surface area contributed by atoms with Crippen LogP contribution in [0.5, 0.6) is 5.75 Å². The normalized spacial score (nSPS) is 24.3. The number of carbonyl (C=O) groups excluding carboxylic acids is 3. The van der Waals surface area contributed by atoms with Gasteiger partial charge in [-0.1, -0.05) is 26.0 Å². The zero-order chi connectivity index (χ0) is 22.9. The van der Waals surface area contributed by atoms with Crippen LogP contribution in [-0.2, 0) is 23.9 Å². The number of aromatic hydroxyl groups is 1. The first-order chi connectivity index (χ1) is 14.7. The summed E-state index contributed by atoms with van der Waals surface area (Å²) >= 11 is 0. The van der Waals surface area contributed by atoms with Crippen molar-refractivity contribution in [2.24, 2.45) is 11.8 Å². The zero-order valence-corrected chi connectivity index (χ0v) is 18.5. The summed E-state index contributed by atoms with van der Waals surface area (Å²) in [6.07, 6.45) is 0.816. The highest BCUT2D eigenvalue weighted by atomic mass is 16.5. The molecule has 0 amide bonds. The molecule has 2 N–H and O–H groups in total. The predicted octanol–water partition coefficient (Wildman–Crippen LogP) is 3.35. The molecule has 31 heavy (non-hydrogen) atoms. The van der Waals surface area contributed by atoms with Crippen molar-refractivity contribution in [1.82, 2.24) is 5.32 Å². The molecule has 1 aromatic rings. The number of carbonyl (C=O) groups is 3. The quantitative estimate of drug-likeness (QED) is 0.549. The molecule has 0 spiro atoms. The van der Waals surface area contributed by atoms with E-state index >= 15 is 0 Å². The molecule has 1 aliphatic carbocycles. The van der Waals surface area contributed by atoms with Gasteiger partial charge >= 0.3 is 11.9 Å². The number of dihydropyridines is 1. The van der Waals surface area contributed by atoms with E-state index in [2.05, 4.69) is 5.32 Å². The number of rotatable bonds is 5. The van der Waals surface area contributed by atoms with E-state index in [0.717, 1.165) is 0 Å². The van der Waals surface area contributed by atoms with Gasteiger partial charge in [0.25, 0.3) is 0 Å². The molecule has 7 heteroatoms. The molecular formula is C24H29NO6. The Morgan fingerprint density at radius 1 is 1.32 bits per heavy atom. The Bertz CT molecular complexity index is 976. The van der Waals surface area contributed by atoms with E-state index in [1.165, 1.54) is 19.2 Å². The molecule has 0 saturated heterocycles. The van der Waals surface area contributed by atoms with Crippen LogP contribution in [0.3, 0.4) is 0 Å². The van der Waals surface area contributed by atoms with Crippen molar-refractivity contribution in [2.45, 2.75) is 52.6 Å². The molecule has 1 heterocycles. The minimum Gasteiger partial charge on any atom is -0.508 e. The SMILES string of the molecule is CC[C@@H](C)OC(=O)C1=C(C)NC2=C(C(=O)[C@@H](C(=O)OC)[C@@H](C)C2)[C@@H]1c1cccc(O)c1. The van der Waals surface area contributed by atoms with Gasteiger partial charge in [-0.2, -0.15) is 0 Å². The number of ether oxygens (including phenoxy) is 2. The maximum atomic E-state index is 13.6. The fourth-order valence-corrected chi connectivity index (χ4v) is 4.32. The molecule has 2 aliphatic rings. The van der Waals surface area contributed by atoms with E-state index in [1.807, 2.05) is 13.8 Å². The highest BCUT2D eigenvalue weighted by Gasteiger charge is 2.47. The van der Waals surface area contributed by atoms with Gasteiger partial charge in [-0.05, 0) is 50.3 Å². The van der Waals surface area contributed by atoms with Crippen molar-refractivity contribution in [1.29, 1.82) is 0 Å². The predicted molar refractivity (Wildman–Crippen MR) is 114 cm³/mol. The van der Waals surface area contributed by atoms with Gasteiger partial charge in [0.1, 0.15) is 11.7 Å². The summed E-state index contributed by atoms with van der Waals surface area (Å²) in [5.41, 5.74) is 2.51. The summed E-state index contributed by atoms with van der Waals surface area (Å²) in [5, 5.41) is 13.3. The van der Waals surface area contributed by atoms with Gasteiger partial charge in [0, 0.05) is 22.9 Å². The van der Waals surface area contributed by atoms with Gasteiger partial charge in [-0.3, -0.25) is 9.59 Å². The Kier molecular flexibility index (Phi) is 6.53. The fraction of sp³-hybridized carbons (Fsp3) is 0.458. The zero-order valence-electron chi connectivity index (χ0n) is 18.5. The van der Waals surface area contributed by atoms with E-state index in [0.29, 0.717) is 40.9 Å². The lowest BCUT2D eigenvalue weighted by Gasteiger charge is -2.38. The molecule has 166 valence electrons. The van der Waals surface area contributed by atoms with Crippen LogP contribution in [0.2, 0.25) is 0 Å². The number of benzene rings is 1. The topological polar surface area (TPSA) is 102 Å². The van der Waals surface area contributed by atoms with E-state index in [-0.39, 0.29) is 23.6 Å². The van der Waals surface area contributed by atoms with Crippen LogP contribution in [0, 0.1) is 11.8 Å². The average Bonchev–Trinajstić information content (AvgIpc) is 2.72. The Balaban J connectivity index is 2.17. The number of hydrogen-bond donors (Lipinski definition) is 2. The number of Topliss-reactive ketones (excluding diaryl/α,β-unsaturated/α-hetero) is 1. The Labute approximate surface area is 182 Å². The molecule has 7 nitrogen and oxygen atoms in total. The first kappa shape index (κ1) is 22.6. The van der Waals surface area contributed by atoms with Crippen molar-refractivity contribution >= 4 is 17.7 Å². The monoisotopic (exact) mass is 427 g/mol. The van der Waals surface area contributed by atoms with Gasteiger partial charge in [0.2, 0.25) is 0 Å². The number of ketones is 1. The van der Waals surface area contributed by atoms with Gasteiger partial charge in [0.05, 0.1) is 18.8 Å². The summed E-state index contributed by atoms with van der Waals surface area (Å²) < 4.78 is 10.5. The van der Waals surface area contributed by atoms with Gasteiger partial charge in [-0.25, -0.2) is 4.79 Å². The van der Waals surface area contributed by atoms with E-state index in [4.69, 9.17) is 9.47 Å². The first-order valence-corrected chi connectivity index (χ1v) is 10.5. The molecule has 3 rings (SSSR count). The minimum absolute atomic E-state index is 0.0200. The molecule has 0 saturated carbocycles. The number of methoxy groups -OCH3 is 1. The molecule has 0 aromatic heterocycles. The highest BCUT2D eigenvalue weighted by Crippen LogP contribution is 2.46. The van der Waals surface area contributed by atoms with Crippen molar-refractivity contribution in [3.63, 3.8) is 0 Å². The van der Waals surface area contributed by atoms with Crippen molar-refractivity contribution in [2.75, 3.05) is 7.11 Å². The molecule has 0 radical (unpaired) electrons. The van der Waals surface area contributed by atoms with Crippen molar-refractivity contribution in [3.05, 3.63) is 52.4 Å². The lowest BCUT2D eigenvalue weighted by atomic mass is 9.69. The third kappa shape index (κ3) is 4.22. The smallest absolute Gasteiger partial charge is 0.337 e. The van der Waals surface area contributed by atoms with Crippen molar-refractivity contribution in [3.8, 4) is 5.75 Å². The van der Waals surface area contributed by atoms with Crippen LogP contribution in [0.15, 0.2) is 46.8 Å².